The summed E-state index contributed by atoms with van der Waals surface area (Å²) in [5, 5.41) is 0. The van der Waals surface area contributed by atoms with E-state index in [1.165, 1.54) is 13.8 Å². The second kappa shape index (κ2) is 8.61. The maximum atomic E-state index is 11.2. The second-order valence-corrected chi connectivity index (χ2v) is 5.49. The Bertz CT molecular complexity index is 582. The van der Waals surface area contributed by atoms with Crippen LogP contribution in [0.5, 0.6) is 0 Å². The van der Waals surface area contributed by atoms with Gasteiger partial charge in [0.2, 0.25) is 0 Å². The summed E-state index contributed by atoms with van der Waals surface area (Å²) < 4.78 is 21.8. The largest absolute Gasteiger partial charge is 0.463 e. The van der Waals surface area contributed by atoms with Gasteiger partial charge in [-0.15, -0.1) is 0 Å². The van der Waals surface area contributed by atoms with E-state index in [9.17, 15) is 9.59 Å². The molecule has 0 saturated heterocycles. The maximum Gasteiger partial charge on any atom is 0.303 e. The van der Waals surface area contributed by atoms with Crippen molar-refractivity contribution >= 4 is 11.9 Å². The Balaban J connectivity index is 2.01. The molecular weight excluding hydrogens is 312 g/mol. The van der Waals surface area contributed by atoms with Crippen LogP contribution < -0.4 is 0 Å². The van der Waals surface area contributed by atoms with Gasteiger partial charge in [-0.25, -0.2) is 0 Å². The number of benzene rings is 1. The molecule has 0 amide bonds. The molecule has 0 aromatic heterocycles. The Hall–Kier alpha value is -2.18. The van der Waals surface area contributed by atoms with Crippen molar-refractivity contribution in [2.24, 2.45) is 0 Å². The number of hydrogen-bond donors (Lipinski definition) is 0. The fraction of sp³-hybridized carbons (Fsp3) is 0.444. The standard InChI is InChI=1S/C18H22O6/c1-12(15-7-5-4-6-8-15)22-18-10-9-16(23-14(3)20)17(24-18)11-21-13(2)19/h4-10,12,16-18H,11H2,1-3H3/t12?,16-,17+,18-/m0/s1. The van der Waals surface area contributed by atoms with Crippen LogP contribution in [0.2, 0.25) is 0 Å². The highest BCUT2D eigenvalue weighted by molar-refractivity contribution is 5.66. The zero-order chi connectivity index (χ0) is 17.5. The summed E-state index contributed by atoms with van der Waals surface area (Å²) in [5.74, 6) is -0.858. The van der Waals surface area contributed by atoms with E-state index in [0.29, 0.717) is 0 Å². The number of carbonyl (C=O) groups is 2. The van der Waals surface area contributed by atoms with E-state index >= 15 is 0 Å². The van der Waals surface area contributed by atoms with E-state index in [1.807, 2.05) is 37.3 Å². The third-order valence-corrected chi connectivity index (χ3v) is 3.49. The minimum absolute atomic E-state index is 0.0167. The molecule has 0 fully saturated rings. The quantitative estimate of drug-likeness (QED) is 0.588. The van der Waals surface area contributed by atoms with Gasteiger partial charge in [0.1, 0.15) is 18.8 Å². The molecule has 1 aliphatic rings. The van der Waals surface area contributed by atoms with Crippen LogP contribution in [0.1, 0.15) is 32.4 Å². The number of carbonyl (C=O) groups excluding carboxylic acids is 2. The minimum Gasteiger partial charge on any atom is -0.463 e. The zero-order valence-electron chi connectivity index (χ0n) is 14.0. The first-order valence-corrected chi connectivity index (χ1v) is 7.80. The summed E-state index contributed by atoms with van der Waals surface area (Å²) in [7, 11) is 0. The van der Waals surface area contributed by atoms with Crippen molar-refractivity contribution < 1.29 is 28.5 Å². The lowest BCUT2D eigenvalue weighted by Crippen LogP contribution is -2.42. The average Bonchev–Trinajstić information content (AvgIpc) is 2.55. The van der Waals surface area contributed by atoms with E-state index in [2.05, 4.69) is 0 Å². The number of hydrogen-bond acceptors (Lipinski definition) is 6. The van der Waals surface area contributed by atoms with E-state index in [0.717, 1.165) is 5.56 Å². The van der Waals surface area contributed by atoms with Crippen molar-refractivity contribution in [3.63, 3.8) is 0 Å². The van der Waals surface area contributed by atoms with E-state index in [4.69, 9.17) is 18.9 Å². The van der Waals surface area contributed by atoms with Crippen LogP contribution in [0.4, 0.5) is 0 Å². The van der Waals surface area contributed by atoms with Gasteiger partial charge in [0.05, 0.1) is 6.10 Å². The third-order valence-electron chi connectivity index (χ3n) is 3.49. The summed E-state index contributed by atoms with van der Waals surface area (Å²) in [6.45, 7) is 4.53. The highest BCUT2D eigenvalue weighted by atomic mass is 16.7. The van der Waals surface area contributed by atoms with Gasteiger partial charge in [-0.1, -0.05) is 30.3 Å². The Morgan fingerprint density at radius 2 is 1.83 bits per heavy atom. The summed E-state index contributed by atoms with van der Waals surface area (Å²) in [6.07, 6.45) is 1.36. The number of esters is 2. The van der Waals surface area contributed by atoms with Crippen molar-refractivity contribution in [1.82, 2.24) is 0 Å². The number of ether oxygens (including phenoxy) is 4. The molecule has 0 N–H and O–H groups in total. The lowest BCUT2D eigenvalue weighted by Gasteiger charge is -2.32. The first kappa shape index (κ1) is 18.2. The van der Waals surface area contributed by atoms with Crippen LogP contribution in [-0.2, 0) is 28.5 Å². The predicted octanol–water partition coefficient (Wildman–Crippen LogP) is 2.54. The molecule has 0 saturated carbocycles. The Morgan fingerprint density at radius 1 is 1.12 bits per heavy atom. The molecular formula is C18H22O6. The highest BCUT2D eigenvalue weighted by Crippen LogP contribution is 2.24. The van der Waals surface area contributed by atoms with Crippen molar-refractivity contribution in [2.45, 2.75) is 45.4 Å². The minimum atomic E-state index is -0.618. The van der Waals surface area contributed by atoms with Crippen LogP contribution in [-0.4, -0.2) is 37.0 Å². The van der Waals surface area contributed by atoms with Gasteiger partial charge in [-0.2, -0.15) is 0 Å². The van der Waals surface area contributed by atoms with Gasteiger partial charge in [0.25, 0.3) is 0 Å². The van der Waals surface area contributed by atoms with Crippen molar-refractivity contribution in [3.8, 4) is 0 Å². The normalized spacial score (nSPS) is 24.2. The number of rotatable bonds is 6. The fourth-order valence-electron chi connectivity index (χ4n) is 2.34. The summed E-state index contributed by atoms with van der Waals surface area (Å²) >= 11 is 0. The zero-order valence-corrected chi connectivity index (χ0v) is 14.0. The van der Waals surface area contributed by atoms with Crippen LogP contribution in [0.15, 0.2) is 42.5 Å². The topological polar surface area (TPSA) is 71.1 Å². The summed E-state index contributed by atoms with van der Waals surface area (Å²) in [5.41, 5.74) is 1.02. The molecule has 6 nitrogen and oxygen atoms in total. The maximum absolute atomic E-state index is 11.2. The Kier molecular flexibility index (Phi) is 6.52. The van der Waals surface area contributed by atoms with Crippen molar-refractivity contribution in [2.75, 3.05) is 6.61 Å². The lowest BCUT2D eigenvalue weighted by atomic mass is 10.1. The third kappa shape index (κ3) is 5.47. The molecule has 24 heavy (non-hydrogen) atoms. The monoisotopic (exact) mass is 334 g/mol. The Morgan fingerprint density at radius 3 is 2.46 bits per heavy atom. The average molecular weight is 334 g/mol. The smallest absolute Gasteiger partial charge is 0.303 e. The molecule has 130 valence electrons. The van der Waals surface area contributed by atoms with Gasteiger partial charge >= 0.3 is 11.9 Å². The molecule has 1 aromatic rings. The molecule has 0 aliphatic carbocycles. The molecule has 0 bridgehead atoms. The van der Waals surface area contributed by atoms with Gasteiger partial charge in [-0.3, -0.25) is 9.59 Å². The first-order chi connectivity index (χ1) is 11.5. The molecule has 6 heteroatoms. The van der Waals surface area contributed by atoms with Crippen LogP contribution in [0.3, 0.4) is 0 Å². The molecule has 1 unspecified atom stereocenters. The molecule has 1 heterocycles. The predicted molar refractivity (Wildman–Crippen MR) is 85.9 cm³/mol. The molecule has 1 aromatic carbocycles. The van der Waals surface area contributed by atoms with E-state index < -0.39 is 30.4 Å². The summed E-state index contributed by atoms with van der Waals surface area (Å²) in [4.78, 5) is 22.2. The van der Waals surface area contributed by atoms with Crippen molar-refractivity contribution in [1.29, 1.82) is 0 Å². The lowest BCUT2D eigenvalue weighted by molar-refractivity contribution is -0.208. The van der Waals surface area contributed by atoms with Gasteiger partial charge in [0.15, 0.2) is 6.29 Å². The SMILES string of the molecule is CC(=O)OC[C@H]1O[C@H](OC(C)c2ccccc2)C=C[C@@H]1OC(C)=O. The van der Waals surface area contributed by atoms with E-state index in [1.54, 1.807) is 12.2 Å². The Labute approximate surface area is 141 Å². The summed E-state index contributed by atoms with van der Waals surface area (Å²) in [6, 6.07) is 9.75. The van der Waals surface area contributed by atoms with Crippen molar-refractivity contribution in [3.05, 3.63) is 48.0 Å². The van der Waals surface area contributed by atoms with Gasteiger partial charge in [0, 0.05) is 13.8 Å². The highest BCUT2D eigenvalue weighted by Gasteiger charge is 2.31. The molecule has 0 radical (unpaired) electrons. The van der Waals surface area contributed by atoms with Crippen LogP contribution >= 0.6 is 0 Å². The van der Waals surface area contributed by atoms with Gasteiger partial charge in [-0.05, 0) is 24.6 Å². The molecule has 4 atom stereocenters. The first-order valence-electron chi connectivity index (χ1n) is 7.80. The van der Waals surface area contributed by atoms with Crippen LogP contribution in [0, 0.1) is 0 Å². The second-order valence-electron chi connectivity index (χ2n) is 5.49. The fourth-order valence-corrected chi connectivity index (χ4v) is 2.34. The van der Waals surface area contributed by atoms with Crippen LogP contribution in [0.25, 0.3) is 0 Å². The molecule has 1 aliphatic heterocycles. The molecule has 0 spiro atoms. The van der Waals surface area contributed by atoms with Gasteiger partial charge < -0.3 is 18.9 Å². The molecule has 2 rings (SSSR count). The van der Waals surface area contributed by atoms with E-state index in [-0.39, 0.29) is 12.7 Å².